The summed E-state index contributed by atoms with van der Waals surface area (Å²) in [4.78, 5) is 4.44. The van der Waals surface area contributed by atoms with Gasteiger partial charge in [-0.05, 0) is 25.8 Å². The maximum atomic E-state index is 5.56. The molecule has 20 heavy (non-hydrogen) atoms. The third-order valence-corrected chi connectivity index (χ3v) is 3.39. The summed E-state index contributed by atoms with van der Waals surface area (Å²) < 4.78 is 16.4. The molecule has 2 atom stereocenters. The molecule has 2 heterocycles. The van der Waals surface area contributed by atoms with Gasteiger partial charge in [-0.3, -0.25) is 0 Å². The van der Waals surface area contributed by atoms with Gasteiger partial charge in [0.05, 0.1) is 12.5 Å². The highest BCUT2D eigenvalue weighted by atomic mass is 16.5. The second-order valence-electron chi connectivity index (χ2n) is 5.13. The summed E-state index contributed by atoms with van der Waals surface area (Å²) in [5.74, 6) is 1.42. The Morgan fingerprint density at radius 1 is 1.35 bits per heavy atom. The number of hydrogen-bond acceptors (Lipinski definition) is 6. The number of nitrogens with zero attached hydrogens (tertiary/aromatic N) is 2. The highest BCUT2D eigenvalue weighted by Crippen LogP contribution is 2.24. The van der Waals surface area contributed by atoms with E-state index in [-0.39, 0.29) is 5.92 Å². The molecule has 1 aliphatic heterocycles. The zero-order valence-electron chi connectivity index (χ0n) is 12.4. The molecule has 2 rings (SSSR count). The van der Waals surface area contributed by atoms with E-state index in [9.17, 15) is 0 Å². The molecular formula is C14H25N3O3. The predicted molar refractivity (Wildman–Crippen MR) is 74.5 cm³/mol. The molecule has 1 aromatic heterocycles. The van der Waals surface area contributed by atoms with Gasteiger partial charge >= 0.3 is 0 Å². The topological polar surface area (TPSA) is 69.4 Å². The average molecular weight is 283 g/mol. The third-order valence-electron chi connectivity index (χ3n) is 3.39. The van der Waals surface area contributed by atoms with Crippen molar-refractivity contribution >= 4 is 0 Å². The van der Waals surface area contributed by atoms with Crippen LogP contribution in [0.25, 0.3) is 0 Å². The molecule has 6 heteroatoms. The van der Waals surface area contributed by atoms with Crippen LogP contribution in [-0.4, -0.2) is 42.5 Å². The third kappa shape index (κ3) is 4.26. The highest BCUT2D eigenvalue weighted by molar-refractivity contribution is 5.01. The molecule has 0 radical (unpaired) electrons. The Morgan fingerprint density at radius 3 is 3.05 bits per heavy atom. The van der Waals surface area contributed by atoms with Gasteiger partial charge in [0.2, 0.25) is 5.89 Å². The number of ether oxygens (including phenoxy) is 2. The summed E-state index contributed by atoms with van der Waals surface area (Å²) in [6.07, 6.45) is 3.09. The first-order valence-corrected chi connectivity index (χ1v) is 7.56. The minimum absolute atomic E-state index is 0.141. The van der Waals surface area contributed by atoms with E-state index in [1.807, 2.05) is 0 Å². The fourth-order valence-electron chi connectivity index (χ4n) is 2.34. The van der Waals surface area contributed by atoms with E-state index in [2.05, 4.69) is 29.3 Å². The monoisotopic (exact) mass is 283 g/mol. The molecule has 1 saturated heterocycles. The second-order valence-corrected chi connectivity index (χ2v) is 5.13. The predicted octanol–water partition coefficient (Wildman–Crippen LogP) is 1.87. The molecule has 0 aromatic carbocycles. The van der Waals surface area contributed by atoms with Crippen molar-refractivity contribution < 1.29 is 14.0 Å². The van der Waals surface area contributed by atoms with Crippen molar-refractivity contribution in [1.82, 2.24) is 15.5 Å². The van der Waals surface area contributed by atoms with Gasteiger partial charge in [0, 0.05) is 19.3 Å². The van der Waals surface area contributed by atoms with E-state index < -0.39 is 0 Å². The summed E-state index contributed by atoms with van der Waals surface area (Å²) in [6, 6.07) is 0.355. The van der Waals surface area contributed by atoms with Gasteiger partial charge in [-0.15, -0.1) is 0 Å². The van der Waals surface area contributed by atoms with E-state index in [0.717, 1.165) is 39.0 Å². The average Bonchev–Trinajstić information content (AvgIpc) is 2.94. The summed E-state index contributed by atoms with van der Waals surface area (Å²) in [6.45, 7) is 7.80. The molecule has 1 fully saturated rings. The van der Waals surface area contributed by atoms with Crippen molar-refractivity contribution in [2.75, 3.05) is 26.4 Å². The Balaban J connectivity index is 1.93. The molecule has 0 bridgehead atoms. The lowest BCUT2D eigenvalue weighted by atomic mass is 9.95. The first kappa shape index (κ1) is 15.4. The van der Waals surface area contributed by atoms with Gasteiger partial charge in [-0.1, -0.05) is 19.0 Å². The fraction of sp³-hybridized carbons (Fsp3) is 0.857. The molecule has 1 N–H and O–H groups in total. The zero-order valence-corrected chi connectivity index (χ0v) is 12.4. The number of aromatic nitrogens is 2. The largest absolute Gasteiger partial charge is 0.381 e. The number of rotatable bonds is 8. The quantitative estimate of drug-likeness (QED) is 0.734. The van der Waals surface area contributed by atoms with Crippen LogP contribution in [0.4, 0.5) is 0 Å². The van der Waals surface area contributed by atoms with Crippen LogP contribution >= 0.6 is 0 Å². The first-order chi connectivity index (χ1) is 9.85. The van der Waals surface area contributed by atoms with Crippen LogP contribution < -0.4 is 5.32 Å². The molecule has 2 unspecified atom stereocenters. The molecule has 6 nitrogen and oxygen atoms in total. The van der Waals surface area contributed by atoms with Crippen molar-refractivity contribution in [2.24, 2.45) is 0 Å². The van der Waals surface area contributed by atoms with Crippen LogP contribution in [0.2, 0.25) is 0 Å². The normalized spacial score (nSPS) is 23.1. The minimum atomic E-state index is 0.141. The van der Waals surface area contributed by atoms with Gasteiger partial charge in [0.25, 0.3) is 0 Å². The second kappa shape index (κ2) is 8.34. The Hall–Kier alpha value is -0.980. The number of hydrogen-bond donors (Lipinski definition) is 1. The van der Waals surface area contributed by atoms with Crippen molar-refractivity contribution in [3.8, 4) is 0 Å². The van der Waals surface area contributed by atoms with E-state index in [1.165, 1.54) is 0 Å². The molecule has 1 aliphatic rings. The van der Waals surface area contributed by atoms with Gasteiger partial charge in [-0.2, -0.15) is 4.98 Å². The molecule has 0 amide bonds. The van der Waals surface area contributed by atoms with Crippen molar-refractivity contribution in [3.05, 3.63) is 11.7 Å². The van der Waals surface area contributed by atoms with Crippen LogP contribution in [0, 0.1) is 0 Å². The van der Waals surface area contributed by atoms with E-state index in [1.54, 1.807) is 0 Å². The maximum absolute atomic E-state index is 5.56. The zero-order chi connectivity index (χ0) is 14.2. The minimum Gasteiger partial charge on any atom is -0.381 e. The first-order valence-electron chi connectivity index (χ1n) is 7.56. The number of nitrogens with one attached hydrogen (secondary N) is 1. The lowest BCUT2D eigenvalue weighted by Crippen LogP contribution is -2.41. The summed E-state index contributed by atoms with van der Waals surface area (Å²) in [5.41, 5.74) is 0. The van der Waals surface area contributed by atoms with Crippen molar-refractivity contribution in [3.63, 3.8) is 0 Å². The standard InChI is InChI=1S/C14H25N3O3/c1-3-6-15-12-5-8-19-9-11(12)14-16-13(17-20-14)10-18-7-4-2/h11-12,15H,3-10H2,1-2H3. The smallest absolute Gasteiger partial charge is 0.233 e. The van der Waals surface area contributed by atoms with Gasteiger partial charge in [-0.25, -0.2) is 0 Å². The SMILES string of the molecule is CCCNC1CCOCC1c1nc(COCCC)no1. The molecular weight excluding hydrogens is 258 g/mol. The molecule has 1 aromatic rings. The maximum Gasteiger partial charge on any atom is 0.233 e. The Bertz CT molecular complexity index is 383. The summed E-state index contributed by atoms with van der Waals surface area (Å²) in [5, 5.41) is 7.53. The molecule has 0 saturated carbocycles. The van der Waals surface area contributed by atoms with Crippen LogP contribution in [-0.2, 0) is 16.1 Å². The lowest BCUT2D eigenvalue weighted by Gasteiger charge is -2.29. The Labute approximate surface area is 120 Å². The van der Waals surface area contributed by atoms with Crippen LogP contribution in [0.1, 0.15) is 50.7 Å². The van der Waals surface area contributed by atoms with Gasteiger partial charge in [0.1, 0.15) is 6.61 Å². The van der Waals surface area contributed by atoms with Gasteiger partial charge < -0.3 is 19.3 Å². The fourth-order valence-corrected chi connectivity index (χ4v) is 2.34. The van der Waals surface area contributed by atoms with E-state index in [0.29, 0.717) is 31.0 Å². The van der Waals surface area contributed by atoms with E-state index >= 15 is 0 Å². The molecule has 114 valence electrons. The highest BCUT2D eigenvalue weighted by Gasteiger charge is 2.31. The summed E-state index contributed by atoms with van der Waals surface area (Å²) in [7, 11) is 0. The van der Waals surface area contributed by atoms with E-state index in [4.69, 9.17) is 14.0 Å². The summed E-state index contributed by atoms with van der Waals surface area (Å²) >= 11 is 0. The van der Waals surface area contributed by atoms with Crippen molar-refractivity contribution in [1.29, 1.82) is 0 Å². The van der Waals surface area contributed by atoms with Crippen LogP contribution in [0.5, 0.6) is 0 Å². The van der Waals surface area contributed by atoms with Crippen LogP contribution in [0.3, 0.4) is 0 Å². The Kier molecular flexibility index (Phi) is 6.42. The van der Waals surface area contributed by atoms with Crippen molar-refractivity contribution in [2.45, 2.75) is 51.7 Å². The molecule has 0 aliphatic carbocycles. The lowest BCUT2D eigenvalue weighted by molar-refractivity contribution is 0.0498. The Morgan fingerprint density at radius 2 is 2.25 bits per heavy atom. The van der Waals surface area contributed by atoms with Crippen LogP contribution in [0.15, 0.2) is 4.52 Å². The van der Waals surface area contributed by atoms with Gasteiger partial charge in [0.15, 0.2) is 5.82 Å². The molecule has 0 spiro atoms.